The Labute approximate surface area is 817 Å². The third-order valence-electron chi connectivity index (χ3n) is 26.0. The van der Waals surface area contributed by atoms with Crippen molar-refractivity contribution >= 4 is 88.9 Å². The van der Waals surface area contributed by atoms with Crippen LogP contribution in [0.3, 0.4) is 0 Å². The third-order valence-corrected chi connectivity index (χ3v) is 26.0. The minimum atomic E-state index is -2.60. The van der Waals surface area contributed by atoms with Crippen LogP contribution in [0.5, 0.6) is 0 Å². The zero-order chi connectivity index (χ0) is 104. The van der Waals surface area contributed by atoms with E-state index < -0.39 is 292 Å². The number of hydrogen-bond acceptors (Lipinski definition) is 39. The molecule has 3 aliphatic carbocycles. The van der Waals surface area contributed by atoms with E-state index in [0.29, 0.717) is 37.9 Å². The van der Waals surface area contributed by atoms with E-state index in [2.05, 4.69) is 36.9 Å². The molecule has 3 aliphatic heterocycles. The lowest BCUT2D eigenvalue weighted by Crippen LogP contribution is -2.82. The molecule has 4 aromatic rings. The average Bonchev–Trinajstić information content (AvgIpc) is 0.699. The molecule has 3 aromatic carbocycles. The molecule has 1 aromatic heterocycles. The Bertz CT molecular complexity index is 5050. The second-order valence-corrected chi connectivity index (χ2v) is 36.1. The smallest absolute Gasteiger partial charge is 0.350 e. The van der Waals surface area contributed by atoms with Crippen LogP contribution < -0.4 is 26.6 Å². The molecule has 142 heavy (non-hydrogen) atoms. The van der Waals surface area contributed by atoms with Gasteiger partial charge in [0.15, 0.2) is 35.9 Å². The number of benzene rings is 3. The molecule has 46 nitrogen and oxygen atoms in total. The predicted molar refractivity (Wildman–Crippen MR) is 484 cm³/mol. The number of unbranched alkanes of at least 4 members (excludes halogenated alkanes) is 2. The summed E-state index contributed by atoms with van der Waals surface area (Å²) in [7, 11) is 2.50. The fourth-order valence-electron chi connectivity index (χ4n) is 18.8. The van der Waals surface area contributed by atoms with Gasteiger partial charge in [-0.05, 0) is 114 Å². The molecular weight excluding hydrogens is 1870 g/mol. The summed E-state index contributed by atoms with van der Waals surface area (Å²) in [5.74, 6) is -16.0. The highest BCUT2D eigenvalue weighted by Gasteiger charge is 2.79. The van der Waals surface area contributed by atoms with Gasteiger partial charge in [-0.3, -0.25) is 52.6 Å². The number of fused-ring (bicyclic) bond motifs is 5. The summed E-state index contributed by atoms with van der Waals surface area (Å²) in [4.78, 5) is 205. The Kier molecular flexibility index (Phi) is 41.2. The topological polar surface area (TPSA) is 636 Å². The van der Waals surface area contributed by atoms with Crippen LogP contribution >= 0.6 is 0 Å². The number of carbonyl (C=O) groups excluding carboxylic acids is 14. The number of carbonyl (C=O) groups is 15. The van der Waals surface area contributed by atoms with E-state index in [-0.39, 0.29) is 99.1 Å². The number of esters is 7. The molecule has 3 saturated heterocycles. The number of nitrogens with zero attached hydrogens (tertiary/aromatic N) is 3. The van der Waals surface area contributed by atoms with Gasteiger partial charge in [-0.2, -0.15) is 0 Å². The molecular formula is C96H128N8O38. The third kappa shape index (κ3) is 28.3. The Balaban J connectivity index is 0.670. The van der Waals surface area contributed by atoms with Crippen molar-refractivity contribution in [3.05, 3.63) is 131 Å². The van der Waals surface area contributed by atoms with Crippen LogP contribution in [0.15, 0.2) is 108 Å². The first-order chi connectivity index (χ1) is 67.6. The van der Waals surface area contributed by atoms with Crippen LogP contribution in [-0.4, -0.2) is 348 Å². The molecule has 0 spiro atoms. The molecule has 780 valence electrons. The van der Waals surface area contributed by atoms with Gasteiger partial charge in [-0.25, -0.2) is 24.0 Å². The quantitative estimate of drug-likeness (QED) is 0.0118. The number of Topliss-reactive ketones (excluding diaryl/α,β-unsaturated/α-hetero) is 2. The van der Waals surface area contributed by atoms with E-state index in [9.17, 15) is 93.0 Å². The van der Waals surface area contributed by atoms with E-state index in [1.54, 1.807) is 79.3 Å². The lowest BCUT2D eigenvalue weighted by molar-refractivity contribution is -0.346. The van der Waals surface area contributed by atoms with Gasteiger partial charge >= 0.3 is 47.8 Å². The normalized spacial score (nSPS) is 27.2. The van der Waals surface area contributed by atoms with Gasteiger partial charge in [0.1, 0.15) is 111 Å². The van der Waals surface area contributed by atoms with E-state index in [4.69, 9.17) is 80.9 Å². The van der Waals surface area contributed by atoms with Crippen LogP contribution in [0.2, 0.25) is 0 Å². The second-order valence-electron chi connectivity index (χ2n) is 36.1. The Morgan fingerprint density at radius 1 is 0.634 bits per heavy atom. The number of aryl methyl sites for hydroxylation is 2. The van der Waals surface area contributed by atoms with Gasteiger partial charge in [0.05, 0.1) is 80.7 Å². The van der Waals surface area contributed by atoms with Crippen LogP contribution in [0.1, 0.15) is 164 Å². The number of carboxylic acids is 1. The highest BCUT2D eigenvalue weighted by molar-refractivity contribution is 5.97. The number of aliphatic hydroxyl groups is 6. The van der Waals surface area contributed by atoms with E-state index in [0.717, 1.165) is 13.8 Å². The lowest BCUT2D eigenvalue weighted by Gasteiger charge is -2.67. The Morgan fingerprint density at radius 2 is 1.26 bits per heavy atom. The van der Waals surface area contributed by atoms with Crippen molar-refractivity contribution < 1.29 is 183 Å². The average molecular weight is 2000 g/mol. The second kappa shape index (κ2) is 52.1. The SMILES string of the molecule is CCOC(=O)[C@H](CCCCNC(=O)COCC(=O)O[C@@H](C(=O)O[C@H]1C[C@@]2(O)[C@@H](OC(=O)c3ccccc3)[C@@H]3[C@]4(OC(C)=O)CO[C@@H]4C[C@H](O)[C@@]3(C)C(=O)[C@H](OC(C)=O)C(=C1C)C2(C)C)C(NC(=O)c1ccccc1)c1ccccc1)CC(=O)CNC(=O)CNC(=O)CCCc1cn(CCCC[C@H](NC(=O)CO[C@@H]2C(O)[C@@H](OC)OC(CO[C@H]3OC(COC)[C@@H](O)[C@H](OCC(=O)O)C3O)[C@H]2O)C(=O)OCC)nn1. The number of aromatic nitrogens is 3. The molecule has 23 atom stereocenters. The maximum Gasteiger partial charge on any atom is 0.350 e. The summed E-state index contributed by atoms with van der Waals surface area (Å²) in [6.45, 7) is 5.77. The molecule has 46 heteroatoms. The van der Waals surface area contributed by atoms with Crippen molar-refractivity contribution in [1.82, 2.24) is 41.6 Å². The van der Waals surface area contributed by atoms with Gasteiger partial charge in [0.2, 0.25) is 29.7 Å². The van der Waals surface area contributed by atoms with Gasteiger partial charge in [-0.15, -0.1) is 5.10 Å². The number of nitrogens with one attached hydrogen (secondary N) is 5. The molecule has 12 N–H and O–H groups in total. The van der Waals surface area contributed by atoms with Crippen LogP contribution in [0.25, 0.3) is 0 Å². The standard InChI is InChI=1S/C96H128N8O38/c1-11-130-87(122)58(39-60(107)42-98-68(110)43-99-67(109)36-26-34-59-44-104(103-102-59)38-25-23-35-61(89(124)131-12-2)100-70(112)48-132-81-76(117)64(138-91(128-10)77(81)118)46-134-92-78(119)82(133-49-71(113)114)75(116)63(139-92)45-127-9)33-22-24-37-97-69(111)47-129-50-72(115)140-80(74(55-27-16-13-17-28-55)101-86(121)56-29-18-14-19-30-56)90(125)137-62-41-96(126)85(141-88(123)57-31-20-15-21-32-57)83-94(8,65(108)40-66-95(83,51-135-66)142-54(5)106)84(120)79(136-53(4)105)73(52(62)3)93(96,6)7/h13-21,27-32,44,58,61-66,74-83,85,91-92,108,116-119,126H,11-12,22-26,33-43,45-51H2,1-10H3,(H,97,111)(H,98,110)(H,99,109)(H,100,112)(H,101,121)(H,113,114)/t58-,61+,62+,63?,64?,65+,66-,74?,75-,76-,77?,78?,79-,80-,81+,82+,83+,85+,91+,92+,94-,95+,96-/m1/s1. The number of amides is 5. The zero-order valence-corrected chi connectivity index (χ0v) is 80.6. The number of aliphatic hydroxyl groups excluding tert-OH is 5. The minimum absolute atomic E-state index is 0.00638. The summed E-state index contributed by atoms with van der Waals surface area (Å²) < 4.78 is 92.8. The lowest BCUT2D eigenvalue weighted by atomic mass is 9.44. The van der Waals surface area contributed by atoms with Gasteiger partial charge in [0, 0.05) is 84.0 Å². The first-order valence-corrected chi connectivity index (χ1v) is 46.9. The Hall–Kier alpha value is -11.6. The zero-order valence-electron chi connectivity index (χ0n) is 80.6. The van der Waals surface area contributed by atoms with Crippen molar-refractivity contribution in [2.45, 2.75) is 260 Å². The van der Waals surface area contributed by atoms with Crippen LogP contribution in [0.4, 0.5) is 0 Å². The Morgan fingerprint density at radius 3 is 1.89 bits per heavy atom. The minimum Gasteiger partial charge on any atom is -0.480 e. The molecule has 5 amide bonds. The van der Waals surface area contributed by atoms with Crippen molar-refractivity contribution in [3.8, 4) is 0 Å². The van der Waals surface area contributed by atoms with Crippen molar-refractivity contribution in [2.75, 3.05) is 93.3 Å². The maximum atomic E-state index is 16.0. The monoisotopic (exact) mass is 2000 g/mol. The maximum absolute atomic E-state index is 16.0. The molecule has 10 rings (SSSR count). The number of rotatable bonds is 52. The summed E-state index contributed by atoms with van der Waals surface area (Å²) in [6.07, 6.45) is -23.5. The fourth-order valence-corrected chi connectivity index (χ4v) is 18.8. The van der Waals surface area contributed by atoms with E-state index in [1.165, 1.54) is 78.3 Å². The van der Waals surface area contributed by atoms with Crippen molar-refractivity contribution in [1.29, 1.82) is 0 Å². The molecule has 6 aliphatic rings. The van der Waals surface area contributed by atoms with Gasteiger partial charge in [-0.1, -0.05) is 92.2 Å². The van der Waals surface area contributed by atoms with E-state index >= 15 is 9.59 Å². The van der Waals surface area contributed by atoms with E-state index in [1.807, 2.05) is 0 Å². The molecule has 4 heterocycles. The predicted octanol–water partition coefficient (Wildman–Crippen LogP) is -0.149. The molecule has 2 bridgehead atoms. The largest absolute Gasteiger partial charge is 0.480 e. The van der Waals surface area contributed by atoms with Crippen molar-refractivity contribution in [3.63, 3.8) is 0 Å². The summed E-state index contributed by atoms with van der Waals surface area (Å²) in [5.41, 5.74) is -7.88. The summed E-state index contributed by atoms with van der Waals surface area (Å²) in [6, 6.07) is 20.4. The number of aliphatic carboxylic acids is 1. The molecule has 0 radical (unpaired) electrons. The number of ketones is 2. The first kappa shape index (κ1) is 112. The van der Waals surface area contributed by atoms with Gasteiger partial charge in [0.25, 0.3) is 5.91 Å². The van der Waals surface area contributed by atoms with Crippen LogP contribution in [-0.2, 0) is 151 Å². The summed E-state index contributed by atoms with van der Waals surface area (Å²) >= 11 is 0. The highest BCUT2D eigenvalue weighted by Crippen LogP contribution is 2.65. The van der Waals surface area contributed by atoms with Crippen LogP contribution in [0, 0.1) is 22.7 Å². The number of carboxylic acid groups (broad SMARTS) is 1. The fraction of sp³-hybridized carbons (Fsp3) is 0.615. The van der Waals surface area contributed by atoms with Gasteiger partial charge < -0.3 is 138 Å². The summed E-state index contributed by atoms with van der Waals surface area (Å²) in [5, 5.41) is 101. The van der Waals surface area contributed by atoms with Crippen molar-refractivity contribution in [2.24, 2.45) is 22.7 Å². The first-order valence-electron chi connectivity index (χ1n) is 46.9. The number of hydrogen-bond donors (Lipinski definition) is 12. The number of ether oxygens (including phenoxy) is 16. The molecule has 5 unspecified atom stereocenters. The molecule has 5 fully saturated rings. The molecule has 2 saturated carbocycles. The number of methoxy groups -OCH3 is 2. The highest BCUT2D eigenvalue weighted by atomic mass is 16.7.